The van der Waals surface area contributed by atoms with Gasteiger partial charge in [0.25, 0.3) is 0 Å². The average Bonchev–Trinajstić information content (AvgIpc) is 2.35. The van der Waals surface area contributed by atoms with Gasteiger partial charge in [-0.05, 0) is 24.6 Å². The molecule has 1 rings (SSSR count). The fraction of sp³-hybridized carbons (Fsp3) is 0.143. The van der Waals surface area contributed by atoms with E-state index in [2.05, 4.69) is 11.9 Å². The number of amides is 1. The number of anilines is 1. The summed E-state index contributed by atoms with van der Waals surface area (Å²) < 4.78 is 5.47. The minimum Gasteiger partial charge on any atom is -0.487 e. The summed E-state index contributed by atoms with van der Waals surface area (Å²) >= 11 is 0. The number of carbonyl (C=O) groups excluding carboxylic acids is 1. The number of rotatable bonds is 6. The Morgan fingerprint density at radius 2 is 2.05 bits per heavy atom. The number of hydrogen-bond donors (Lipinski definition) is 2. The third-order valence-electron chi connectivity index (χ3n) is 2.00. The molecule has 0 saturated carbocycles. The Balaban J connectivity index is 2.74. The molecule has 5 heteroatoms. The van der Waals surface area contributed by atoms with Crippen molar-refractivity contribution < 1.29 is 19.4 Å². The zero-order valence-electron chi connectivity index (χ0n) is 10.6. The van der Waals surface area contributed by atoms with Crippen molar-refractivity contribution in [3.63, 3.8) is 0 Å². The first kappa shape index (κ1) is 14.5. The SMILES string of the molecule is C=C(C)COc1ccccc1NC(=O)/C=C\C(=O)O. The van der Waals surface area contributed by atoms with Gasteiger partial charge in [-0.25, -0.2) is 4.79 Å². The molecule has 0 heterocycles. The Morgan fingerprint density at radius 1 is 1.37 bits per heavy atom. The quantitative estimate of drug-likeness (QED) is 0.608. The van der Waals surface area contributed by atoms with E-state index in [0.717, 1.165) is 17.7 Å². The summed E-state index contributed by atoms with van der Waals surface area (Å²) in [7, 11) is 0. The van der Waals surface area contributed by atoms with Crippen LogP contribution in [0.4, 0.5) is 5.69 Å². The number of hydrogen-bond acceptors (Lipinski definition) is 3. The summed E-state index contributed by atoms with van der Waals surface area (Å²) in [5, 5.41) is 11.0. The molecule has 0 unspecified atom stereocenters. The van der Waals surface area contributed by atoms with E-state index in [9.17, 15) is 9.59 Å². The van der Waals surface area contributed by atoms with Crippen LogP contribution in [-0.2, 0) is 9.59 Å². The number of ether oxygens (including phenoxy) is 1. The lowest BCUT2D eigenvalue weighted by atomic mass is 10.3. The van der Waals surface area contributed by atoms with Gasteiger partial charge in [-0.2, -0.15) is 0 Å². The van der Waals surface area contributed by atoms with E-state index >= 15 is 0 Å². The maximum absolute atomic E-state index is 11.5. The van der Waals surface area contributed by atoms with Crippen molar-refractivity contribution in [2.45, 2.75) is 6.92 Å². The molecular weight excluding hydrogens is 246 g/mol. The lowest BCUT2D eigenvalue weighted by Crippen LogP contribution is -2.10. The van der Waals surface area contributed by atoms with Crippen molar-refractivity contribution in [1.82, 2.24) is 0 Å². The van der Waals surface area contributed by atoms with Gasteiger partial charge in [0.1, 0.15) is 12.4 Å². The molecule has 0 aliphatic heterocycles. The fourth-order valence-electron chi connectivity index (χ4n) is 1.22. The number of benzene rings is 1. The highest BCUT2D eigenvalue weighted by atomic mass is 16.5. The van der Waals surface area contributed by atoms with Gasteiger partial charge in [-0.3, -0.25) is 4.79 Å². The summed E-state index contributed by atoms with van der Waals surface area (Å²) in [6.45, 7) is 5.90. The molecule has 19 heavy (non-hydrogen) atoms. The summed E-state index contributed by atoms with van der Waals surface area (Å²) in [6, 6.07) is 6.89. The summed E-state index contributed by atoms with van der Waals surface area (Å²) in [5.41, 5.74) is 1.33. The summed E-state index contributed by atoms with van der Waals surface area (Å²) in [6.07, 6.45) is 1.71. The van der Waals surface area contributed by atoms with Crippen LogP contribution in [-0.4, -0.2) is 23.6 Å². The van der Waals surface area contributed by atoms with Crippen LogP contribution in [0.1, 0.15) is 6.92 Å². The largest absolute Gasteiger partial charge is 0.487 e. The second kappa shape index (κ2) is 7.00. The van der Waals surface area contributed by atoms with Crippen LogP contribution in [0.2, 0.25) is 0 Å². The van der Waals surface area contributed by atoms with Crippen molar-refractivity contribution in [3.05, 3.63) is 48.6 Å². The predicted octanol–water partition coefficient (Wildman–Crippen LogP) is 2.22. The lowest BCUT2D eigenvalue weighted by Gasteiger charge is -2.11. The van der Waals surface area contributed by atoms with Crippen molar-refractivity contribution in [1.29, 1.82) is 0 Å². The highest BCUT2D eigenvalue weighted by molar-refractivity contribution is 6.03. The van der Waals surface area contributed by atoms with Crippen LogP contribution in [0, 0.1) is 0 Å². The molecule has 1 aromatic rings. The monoisotopic (exact) mass is 261 g/mol. The maximum atomic E-state index is 11.5. The van der Waals surface area contributed by atoms with E-state index in [1.165, 1.54) is 0 Å². The molecule has 0 aliphatic rings. The average molecular weight is 261 g/mol. The van der Waals surface area contributed by atoms with Crippen molar-refractivity contribution in [2.24, 2.45) is 0 Å². The second-order valence-electron chi connectivity index (χ2n) is 3.90. The Labute approximate surface area is 111 Å². The minimum atomic E-state index is -1.18. The molecule has 0 aliphatic carbocycles. The van der Waals surface area contributed by atoms with Crippen LogP contribution in [0.25, 0.3) is 0 Å². The molecular formula is C14H15NO4. The third kappa shape index (κ3) is 5.54. The number of nitrogens with one attached hydrogen (secondary N) is 1. The third-order valence-corrected chi connectivity index (χ3v) is 2.00. The molecule has 5 nitrogen and oxygen atoms in total. The smallest absolute Gasteiger partial charge is 0.328 e. The van der Waals surface area contributed by atoms with Gasteiger partial charge in [-0.1, -0.05) is 18.7 Å². The molecule has 0 radical (unpaired) electrons. The van der Waals surface area contributed by atoms with Gasteiger partial charge in [0.15, 0.2) is 0 Å². The molecule has 1 amide bonds. The first-order chi connectivity index (χ1) is 8.99. The molecule has 0 saturated heterocycles. The van der Waals surface area contributed by atoms with E-state index < -0.39 is 11.9 Å². The number of carbonyl (C=O) groups is 2. The van der Waals surface area contributed by atoms with E-state index in [-0.39, 0.29) is 0 Å². The van der Waals surface area contributed by atoms with Gasteiger partial charge in [0, 0.05) is 12.2 Å². The van der Waals surface area contributed by atoms with Gasteiger partial charge < -0.3 is 15.2 Å². The van der Waals surface area contributed by atoms with E-state index in [0.29, 0.717) is 18.0 Å². The maximum Gasteiger partial charge on any atom is 0.328 e. The normalized spacial score (nSPS) is 10.2. The second-order valence-corrected chi connectivity index (χ2v) is 3.90. The molecule has 0 atom stereocenters. The van der Waals surface area contributed by atoms with E-state index in [1.54, 1.807) is 24.3 Å². The standard InChI is InChI=1S/C14H15NO4/c1-10(2)9-19-12-6-4-3-5-11(12)15-13(16)7-8-14(17)18/h3-8H,1,9H2,2H3,(H,15,16)(H,17,18)/b8-7-. The molecule has 0 aromatic heterocycles. The van der Waals surface area contributed by atoms with Gasteiger partial charge in [-0.15, -0.1) is 0 Å². The summed E-state index contributed by atoms with van der Waals surface area (Å²) in [4.78, 5) is 21.8. The predicted molar refractivity (Wildman–Crippen MR) is 72.2 cm³/mol. The molecule has 0 spiro atoms. The summed E-state index contributed by atoms with van der Waals surface area (Å²) in [5.74, 6) is -1.21. The molecule has 2 N–H and O–H groups in total. The van der Waals surface area contributed by atoms with Crippen molar-refractivity contribution in [3.8, 4) is 5.75 Å². The highest BCUT2D eigenvalue weighted by Crippen LogP contribution is 2.24. The lowest BCUT2D eigenvalue weighted by molar-refractivity contribution is -0.131. The minimum absolute atomic E-state index is 0.345. The zero-order chi connectivity index (χ0) is 14.3. The van der Waals surface area contributed by atoms with Crippen LogP contribution in [0.3, 0.4) is 0 Å². The molecule has 100 valence electrons. The van der Waals surface area contributed by atoms with Gasteiger partial charge in [0.2, 0.25) is 5.91 Å². The molecule has 0 bridgehead atoms. The highest BCUT2D eigenvalue weighted by Gasteiger charge is 2.05. The van der Waals surface area contributed by atoms with Gasteiger partial charge in [0.05, 0.1) is 5.69 Å². The number of para-hydroxylation sites is 2. The number of aliphatic carboxylic acids is 1. The van der Waals surface area contributed by atoms with Gasteiger partial charge >= 0.3 is 5.97 Å². The Bertz CT molecular complexity index is 520. The van der Waals surface area contributed by atoms with Crippen molar-refractivity contribution in [2.75, 3.05) is 11.9 Å². The van der Waals surface area contributed by atoms with E-state index in [1.807, 2.05) is 6.92 Å². The first-order valence-electron chi connectivity index (χ1n) is 5.57. The van der Waals surface area contributed by atoms with Crippen LogP contribution in [0.5, 0.6) is 5.75 Å². The Hall–Kier alpha value is -2.56. The zero-order valence-corrected chi connectivity index (χ0v) is 10.6. The number of carboxylic acid groups (broad SMARTS) is 1. The topological polar surface area (TPSA) is 75.6 Å². The molecule has 0 fully saturated rings. The first-order valence-corrected chi connectivity index (χ1v) is 5.57. The van der Waals surface area contributed by atoms with Crippen LogP contribution >= 0.6 is 0 Å². The Morgan fingerprint density at radius 3 is 2.68 bits per heavy atom. The van der Waals surface area contributed by atoms with Crippen LogP contribution < -0.4 is 10.1 Å². The fourth-order valence-corrected chi connectivity index (χ4v) is 1.22. The van der Waals surface area contributed by atoms with Crippen molar-refractivity contribution >= 4 is 17.6 Å². The number of carboxylic acids is 1. The Kier molecular flexibility index (Phi) is 5.35. The molecule has 1 aromatic carbocycles. The van der Waals surface area contributed by atoms with E-state index in [4.69, 9.17) is 9.84 Å². The van der Waals surface area contributed by atoms with Crippen LogP contribution in [0.15, 0.2) is 48.6 Å².